The maximum absolute atomic E-state index is 14.1. The van der Waals surface area contributed by atoms with Crippen molar-refractivity contribution in [1.29, 1.82) is 0 Å². The molecular formula is C26H35N7O2. The molecule has 3 N–H and O–H groups in total. The van der Waals surface area contributed by atoms with Gasteiger partial charge in [0.1, 0.15) is 5.84 Å². The first-order chi connectivity index (χ1) is 16.8. The fraction of sp³-hybridized carbons (Fsp3) is 0.423. The Morgan fingerprint density at radius 3 is 2.51 bits per heavy atom. The zero-order valence-corrected chi connectivity index (χ0v) is 21.0. The summed E-state index contributed by atoms with van der Waals surface area (Å²) in [5.74, 6) is 0.756. The van der Waals surface area contributed by atoms with Gasteiger partial charge < -0.3 is 30.7 Å². The molecule has 0 spiro atoms. The van der Waals surface area contributed by atoms with Gasteiger partial charge in [-0.1, -0.05) is 19.1 Å². The van der Waals surface area contributed by atoms with Crippen molar-refractivity contribution in [3.8, 4) is 0 Å². The van der Waals surface area contributed by atoms with Crippen LogP contribution in [0, 0.1) is 0 Å². The lowest BCUT2D eigenvalue weighted by Gasteiger charge is -2.35. The molecule has 0 saturated carbocycles. The molecule has 1 saturated heterocycles. The number of carbonyl (C=O) groups excluding carboxylic acids is 2. The monoisotopic (exact) mass is 477 g/mol. The Labute approximate surface area is 207 Å². The molecule has 2 aliphatic rings. The number of para-hydroxylation sites is 1. The molecule has 0 bridgehead atoms. The van der Waals surface area contributed by atoms with Gasteiger partial charge in [-0.15, -0.1) is 0 Å². The van der Waals surface area contributed by atoms with Gasteiger partial charge in [-0.25, -0.2) is 9.79 Å². The van der Waals surface area contributed by atoms with Gasteiger partial charge in [-0.3, -0.25) is 4.79 Å². The molecule has 186 valence electrons. The molecule has 0 radical (unpaired) electrons. The summed E-state index contributed by atoms with van der Waals surface area (Å²) in [4.78, 5) is 39.3. The molecular weight excluding hydrogens is 442 g/mol. The van der Waals surface area contributed by atoms with Crippen LogP contribution in [0.3, 0.4) is 0 Å². The van der Waals surface area contributed by atoms with Crippen LogP contribution in [0.15, 0.2) is 47.5 Å². The lowest BCUT2D eigenvalue weighted by Crippen LogP contribution is -2.47. The fourth-order valence-electron chi connectivity index (χ4n) is 4.74. The predicted molar refractivity (Wildman–Crippen MR) is 141 cm³/mol. The first-order valence-electron chi connectivity index (χ1n) is 12.1. The number of aliphatic imine (C=N–C) groups is 1. The summed E-state index contributed by atoms with van der Waals surface area (Å²) < 4.78 is 0. The number of rotatable bonds is 5. The van der Waals surface area contributed by atoms with Gasteiger partial charge in [0.15, 0.2) is 6.04 Å². The number of nitrogens with two attached hydrogens (primary N) is 1. The van der Waals surface area contributed by atoms with Crippen LogP contribution in [-0.4, -0.2) is 81.4 Å². The van der Waals surface area contributed by atoms with Crippen molar-refractivity contribution >= 4 is 34.8 Å². The summed E-state index contributed by atoms with van der Waals surface area (Å²) in [5.41, 5.74) is 9.36. The lowest BCUT2D eigenvalue weighted by atomic mass is 10.0. The van der Waals surface area contributed by atoms with Gasteiger partial charge in [0.25, 0.3) is 5.91 Å². The van der Waals surface area contributed by atoms with Crippen LogP contribution in [-0.2, 0) is 4.79 Å². The largest absolute Gasteiger partial charge is 0.377 e. The smallest absolute Gasteiger partial charge is 0.316 e. The van der Waals surface area contributed by atoms with Gasteiger partial charge in [0.05, 0.1) is 5.69 Å². The van der Waals surface area contributed by atoms with Crippen LogP contribution in [0.25, 0.3) is 0 Å². The number of benzodiazepines with no additional fused rings is 1. The standard InChI is InChI=1S/C26H35N7O2/c1-5-12-33-22-9-7-6-8-19(22)24(32-15-13-31(4)14-16-32)29-23(25(33)34)20-17-18(28-26(27)35)10-11-21(20)30(2)3/h6-11,17,23H,5,12-16H2,1-4H3,(H3,27,28,35)/t23-/m1/s1. The highest BCUT2D eigenvalue weighted by Crippen LogP contribution is 2.37. The van der Waals surface area contributed by atoms with Crippen molar-refractivity contribution in [3.63, 3.8) is 0 Å². The minimum Gasteiger partial charge on any atom is -0.377 e. The highest BCUT2D eigenvalue weighted by atomic mass is 16.2. The van der Waals surface area contributed by atoms with Crippen LogP contribution in [0.1, 0.15) is 30.5 Å². The Bertz CT molecular complexity index is 1120. The molecule has 2 aromatic carbocycles. The molecule has 9 heteroatoms. The van der Waals surface area contributed by atoms with Gasteiger partial charge in [0, 0.05) is 69.3 Å². The van der Waals surface area contributed by atoms with E-state index in [4.69, 9.17) is 10.7 Å². The number of likely N-dealkylation sites (N-methyl/N-ethyl adjacent to an activating group) is 1. The molecule has 1 fully saturated rings. The summed E-state index contributed by atoms with van der Waals surface area (Å²) in [5, 5.41) is 2.64. The Balaban J connectivity index is 1.91. The zero-order valence-electron chi connectivity index (χ0n) is 21.0. The van der Waals surface area contributed by atoms with Crippen molar-refractivity contribution in [2.45, 2.75) is 19.4 Å². The van der Waals surface area contributed by atoms with Crippen molar-refractivity contribution in [2.24, 2.45) is 10.7 Å². The van der Waals surface area contributed by atoms with Crippen LogP contribution >= 0.6 is 0 Å². The molecule has 0 aliphatic carbocycles. The summed E-state index contributed by atoms with van der Waals surface area (Å²) >= 11 is 0. The van der Waals surface area contributed by atoms with E-state index < -0.39 is 12.1 Å². The molecule has 9 nitrogen and oxygen atoms in total. The molecule has 0 unspecified atom stereocenters. The lowest BCUT2D eigenvalue weighted by molar-refractivity contribution is -0.119. The van der Waals surface area contributed by atoms with E-state index in [9.17, 15) is 9.59 Å². The van der Waals surface area contributed by atoms with Gasteiger partial charge in [-0.05, 0) is 43.8 Å². The molecule has 4 rings (SSSR count). The third kappa shape index (κ3) is 5.09. The Hall–Kier alpha value is -3.59. The number of hydrogen-bond acceptors (Lipinski definition) is 6. The van der Waals surface area contributed by atoms with Gasteiger partial charge >= 0.3 is 6.03 Å². The quantitative estimate of drug-likeness (QED) is 0.690. The molecule has 1 atom stereocenters. The van der Waals surface area contributed by atoms with E-state index in [1.165, 1.54) is 0 Å². The van der Waals surface area contributed by atoms with Gasteiger partial charge in [-0.2, -0.15) is 0 Å². The van der Waals surface area contributed by atoms with E-state index in [1.54, 1.807) is 6.07 Å². The van der Waals surface area contributed by atoms with E-state index in [-0.39, 0.29) is 5.91 Å². The number of urea groups is 1. The topological polar surface area (TPSA) is 97.5 Å². The maximum atomic E-state index is 14.1. The fourth-order valence-corrected chi connectivity index (χ4v) is 4.74. The number of fused-ring (bicyclic) bond motifs is 1. The second kappa shape index (κ2) is 10.4. The number of anilines is 3. The average Bonchev–Trinajstić information content (AvgIpc) is 2.94. The minimum absolute atomic E-state index is 0.0808. The van der Waals surface area contributed by atoms with E-state index in [1.807, 2.05) is 54.2 Å². The van der Waals surface area contributed by atoms with E-state index in [0.717, 1.165) is 60.9 Å². The summed E-state index contributed by atoms with van der Waals surface area (Å²) in [6.07, 6.45) is 0.820. The van der Waals surface area contributed by atoms with Crippen molar-refractivity contribution in [3.05, 3.63) is 53.6 Å². The number of piperazine rings is 1. The summed E-state index contributed by atoms with van der Waals surface area (Å²) in [7, 11) is 5.99. The number of primary amides is 1. The molecule has 2 heterocycles. The van der Waals surface area contributed by atoms with Crippen LogP contribution in [0.5, 0.6) is 0 Å². The number of benzene rings is 2. The summed E-state index contributed by atoms with van der Waals surface area (Å²) in [6, 6.07) is 12.1. The van der Waals surface area contributed by atoms with Crippen LogP contribution < -0.4 is 20.9 Å². The third-order valence-electron chi connectivity index (χ3n) is 6.51. The number of amides is 3. The SMILES string of the molecule is CCCN1C(=O)[C@@H](c2cc(NC(N)=O)ccc2N(C)C)N=C(N2CCN(C)CC2)c2ccccc21. The highest BCUT2D eigenvalue weighted by Gasteiger charge is 2.35. The zero-order chi connectivity index (χ0) is 25.1. The number of nitrogens with one attached hydrogen (secondary N) is 1. The normalized spacial score (nSPS) is 18.6. The summed E-state index contributed by atoms with van der Waals surface area (Å²) in [6.45, 7) is 6.19. The first kappa shape index (κ1) is 24.5. The third-order valence-corrected chi connectivity index (χ3v) is 6.51. The average molecular weight is 478 g/mol. The highest BCUT2D eigenvalue weighted by molar-refractivity contribution is 6.12. The molecule has 2 aromatic rings. The second-order valence-electron chi connectivity index (χ2n) is 9.31. The number of hydrogen-bond donors (Lipinski definition) is 2. The number of amidine groups is 1. The maximum Gasteiger partial charge on any atom is 0.316 e. The first-order valence-corrected chi connectivity index (χ1v) is 12.1. The van der Waals surface area contributed by atoms with E-state index in [0.29, 0.717) is 12.2 Å². The Kier molecular flexibility index (Phi) is 7.25. The van der Waals surface area contributed by atoms with Crippen LogP contribution in [0.4, 0.5) is 21.9 Å². The van der Waals surface area contributed by atoms with Crippen molar-refractivity contribution in [1.82, 2.24) is 9.80 Å². The predicted octanol–water partition coefficient (Wildman–Crippen LogP) is 2.74. The molecule has 3 amide bonds. The van der Waals surface area contributed by atoms with Crippen LogP contribution in [0.2, 0.25) is 0 Å². The van der Waals surface area contributed by atoms with Gasteiger partial charge in [0.2, 0.25) is 0 Å². The van der Waals surface area contributed by atoms with E-state index in [2.05, 4.69) is 35.2 Å². The Morgan fingerprint density at radius 1 is 1.14 bits per heavy atom. The molecule has 35 heavy (non-hydrogen) atoms. The molecule has 2 aliphatic heterocycles. The second-order valence-corrected chi connectivity index (χ2v) is 9.31. The minimum atomic E-state index is -0.768. The Morgan fingerprint density at radius 2 is 1.86 bits per heavy atom. The van der Waals surface area contributed by atoms with Crippen molar-refractivity contribution < 1.29 is 9.59 Å². The molecule has 0 aromatic heterocycles. The number of carbonyl (C=O) groups is 2. The van der Waals surface area contributed by atoms with Crippen molar-refractivity contribution in [2.75, 3.05) is 69.0 Å². The van der Waals surface area contributed by atoms with E-state index >= 15 is 0 Å². The number of nitrogens with zero attached hydrogens (tertiary/aromatic N) is 5.